The van der Waals surface area contributed by atoms with Gasteiger partial charge in [0.15, 0.2) is 16.6 Å². The highest BCUT2D eigenvalue weighted by atomic mass is 32.1. The van der Waals surface area contributed by atoms with Crippen LogP contribution in [0, 0.1) is 29.6 Å². The van der Waals surface area contributed by atoms with Crippen molar-refractivity contribution in [2.45, 2.75) is 147 Å². The van der Waals surface area contributed by atoms with Gasteiger partial charge in [0.25, 0.3) is 0 Å². The van der Waals surface area contributed by atoms with E-state index in [0.717, 1.165) is 32.1 Å². The van der Waals surface area contributed by atoms with Gasteiger partial charge in [-0.15, -0.1) is 11.8 Å². The number of carbonyl (C=O) groups is 1. The molecule has 0 N–H and O–H groups in total. The van der Waals surface area contributed by atoms with Gasteiger partial charge in [0.05, 0.1) is 19.3 Å². The zero-order valence-electron chi connectivity index (χ0n) is 28.2. The predicted octanol–water partition coefficient (Wildman–Crippen LogP) is 9.35. The normalized spacial score (nSPS) is 26.1. The Bertz CT molecular complexity index is 993. The number of thiol groups is 1. The molecular formula is C34H60O4SSi2. The second-order valence-corrected chi connectivity index (χ2v) is 25.5. The first-order chi connectivity index (χ1) is 18.8. The molecule has 2 aliphatic carbocycles. The quantitative estimate of drug-likeness (QED) is 0.0590. The van der Waals surface area contributed by atoms with Gasteiger partial charge in [-0.25, -0.2) is 0 Å². The maximum Gasteiger partial charge on any atom is 0.305 e. The van der Waals surface area contributed by atoms with Crippen molar-refractivity contribution < 1.29 is 18.4 Å². The third-order valence-corrected chi connectivity index (χ3v) is 19.7. The molecule has 2 saturated carbocycles. The molecule has 0 aromatic rings. The number of ether oxygens (including phenoxy) is 1. The summed E-state index contributed by atoms with van der Waals surface area (Å²) in [4.78, 5) is 11.5. The second-order valence-electron chi connectivity index (χ2n) is 15.3. The molecule has 0 aliphatic heterocycles. The van der Waals surface area contributed by atoms with Crippen molar-refractivity contribution in [3.05, 3.63) is 23.8 Å². The van der Waals surface area contributed by atoms with Crippen LogP contribution in [0.25, 0.3) is 0 Å². The maximum atomic E-state index is 11.5. The molecule has 2 fully saturated rings. The van der Waals surface area contributed by atoms with Crippen molar-refractivity contribution in [2.75, 3.05) is 7.11 Å². The number of methoxy groups -OCH3 is 1. The molecule has 0 aromatic heterocycles. The number of esters is 1. The van der Waals surface area contributed by atoms with E-state index in [1.807, 2.05) is 6.92 Å². The fourth-order valence-electron chi connectivity index (χ4n) is 5.57. The van der Waals surface area contributed by atoms with E-state index >= 15 is 0 Å². The summed E-state index contributed by atoms with van der Waals surface area (Å²) in [5.41, 5.74) is 1.55. The minimum Gasteiger partial charge on any atom is -0.469 e. The van der Waals surface area contributed by atoms with Crippen molar-refractivity contribution in [3.63, 3.8) is 0 Å². The Labute approximate surface area is 260 Å². The Balaban J connectivity index is 2.34. The summed E-state index contributed by atoms with van der Waals surface area (Å²) >= 11 is 5.01. The molecule has 0 radical (unpaired) electrons. The molecule has 0 heterocycles. The van der Waals surface area contributed by atoms with Crippen molar-refractivity contribution >= 4 is 35.2 Å². The number of allylic oxidation sites excluding steroid dienone is 2. The Morgan fingerprint density at radius 1 is 1.07 bits per heavy atom. The van der Waals surface area contributed by atoms with E-state index in [-0.39, 0.29) is 33.5 Å². The monoisotopic (exact) mass is 620 g/mol. The van der Waals surface area contributed by atoms with E-state index in [1.54, 1.807) is 5.57 Å². The molecular weight excluding hydrogens is 561 g/mol. The topological polar surface area (TPSA) is 44.8 Å². The van der Waals surface area contributed by atoms with Crippen molar-refractivity contribution in [2.24, 2.45) is 17.8 Å². The lowest BCUT2D eigenvalue weighted by molar-refractivity contribution is -0.140. The Kier molecular flexibility index (Phi) is 13.1. The van der Waals surface area contributed by atoms with Gasteiger partial charge < -0.3 is 13.6 Å². The smallest absolute Gasteiger partial charge is 0.305 e. The lowest BCUT2D eigenvalue weighted by Gasteiger charge is -2.41. The van der Waals surface area contributed by atoms with E-state index in [4.69, 9.17) is 26.2 Å². The van der Waals surface area contributed by atoms with Gasteiger partial charge in [-0.1, -0.05) is 65.3 Å². The average molecular weight is 621 g/mol. The number of rotatable bonds is 12. The fourth-order valence-corrected chi connectivity index (χ4v) is 8.58. The molecule has 4 nitrogen and oxygen atoms in total. The molecule has 0 bridgehead atoms. The van der Waals surface area contributed by atoms with E-state index in [0.29, 0.717) is 30.6 Å². The van der Waals surface area contributed by atoms with Crippen molar-refractivity contribution in [3.8, 4) is 11.8 Å². The SMILES string of the molecule is CC#CCC(S)C(/C=C/[C@H]1C(O[Si](C)(C)C(C)(C)C)C[C@@H]2C/C(=C\CCCC(=O)OC)C[C@@H]21)O[Si](C)(C)C(C)(C)C. The highest BCUT2D eigenvalue weighted by Gasteiger charge is 2.50. The number of unbranched alkanes of at least 4 members (excludes halogenated alkanes) is 1. The summed E-state index contributed by atoms with van der Waals surface area (Å²) in [7, 11) is -2.47. The third-order valence-electron chi connectivity index (χ3n) is 10.2. The Morgan fingerprint density at radius 2 is 1.71 bits per heavy atom. The van der Waals surface area contributed by atoms with Gasteiger partial charge in [-0.05, 0) is 87.1 Å². The number of fused-ring (bicyclic) bond motifs is 1. The van der Waals surface area contributed by atoms with Crippen LogP contribution in [-0.2, 0) is 18.4 Å². The number of hydrogen-bond acceptors (Lipinski definition) is 5. The number of hydrogen-bond donors (Lipinski definition) is 1. The highest BCUT2D eigenvalue weighted by Crippen LogP contribution is 2.53. The van der Waals surface area contributed by atoms with Gasteiger partial charge in [-0.2, -0.15) is 12.6 Å². The van der Waals surface area contributed by atoms with Gasteiger partial charge in [0.1, 0.15) is 0 Å². The molecule has 3 unspecified atom stereocenters. The van der Waals surface area contributed by atoms with Crippen LogP contribution in [0.15, 0.2) is 23.8 Å². The van der Waals surface area contributed by atoms with Gasteiger partial charge >= 0.3 is 5.97 Å². The molecule has 41 heavy (non-hydrogen) atoms. The highest BCUT2D eigenvalue weighted by molar-refractivity contribution is 7.81. The van der Waals surface area contributed by atoms with Crippen molar-refractivity contribution in [1.29, 1.82) is 0 Å². The van der Waals surface area contributed by atoms with E-state index in [9.17, 15) is 4.79 Å². The maximum absolute atomic E-state index is 11.5. The molecule has 0 amide bonds. The van der Waals surface area contributed by atoms with Crippen LogP contribution in [0.5, 0.6) is 0 Å². The molecule has 0 spiro atoms. The third kappa shape index (κ3) is 10.1. The van der Waals surface area contributed by atoms with Crippen molar-refractivity contribution in [1.82, 2.24) is 0 Å². The lowest BCUT2D eigenvalue weighted by atomic mass is 9.90. The van der Waals surface area contributed by atoms with Crippen LogP contribution in [0.2, 0.25) is 36.3 Å². The first-order valence-electron chi connectivity index (χ1n) is 15.7. The lowest BCUT2D eigenvalue weighted by Crippen LogP contribution is -2.46. The fraction of sp³-hybridized carbons (Fsp3) is 0.794. The summed E-state index contributed by atoms with van der Waals surface area (Å²) < 4.78 is 18.9. The number of carbonyl (C=O) groups excluding carboxylic acids is 1. The summed E-state index contributed by atoms with van der Waals surface area (Å²) in [6.07, 6.45) is 13.7. The molecule has 2 rings (SSSR count). The summed E-state index contributed by atoms with van der Waals surface area (Å²) in [5.74, 6) is 7.74. The predicted molar refractivity (Wildman–Crippen MR) is 182 cm³/mol. The zero-order chi connectivity index (χ0) is 31.2. The first kappa shape index (κ1) is 36.4. The summed E-state index contributed by atoms with van der Waals surface area (Å²) in [5, 5.41) is 0.319. The molecule has 0 saturated heterocycles. The molecule has 234 valence electrons. The van der Waals surface area contributed by atoms with Crippen LogP contribution in [-0.4, -0.2) is 47.2 Å². The van der Waals surface area contributed by atoms with E-state index in [2.05, 4.69) is 97.8 Å². The standard InChI is InChI=1S/C34H60O4SSi2/c1-13-14-18-31(39)29(37-40(9,10)33(2,3)4)21-20-27-28-23-25(17-15-16-19-32(35)36-8)22-26(28)24-30(27)38-41(11,12)34(5,6)7/h17,20-21,26-31,39H,15-16,18-19,22-24H2,1-12H3/b21-20+,25-17+/t26-,27+,28-,29?,30?,31?/m0/s1. The van der Waals surface area contributed by atoms with E-state index < -0.39 is 16.6 Å². The summed E-state index contributed by atoms with van der Waals surface area (Å²) in [6.45, 7) is 25.2. The molecule has 2 aliphatic rings. The van der Waals surface area contributed by atoms with Crippen LogP contribution in [0.1, 0.15) is 93.4 Å². The second kappa shape index (κ2) is 14.8. The van der Waals surface area contributed by atoms with Gasteiger partial charge in [-0.3, -0.25) is 4.79 Å². The van der Waals surface area contributed by atoms with Gasteiger partial charge in [0.2, 0.25) is 0 Å². The Morgan fingerprint density at radius 3 is 2.27 bits per heavy atom. The first-order valence-corrected chi connectivity index (χ1v) is 22.0. The minimum atomic E-state index is -2.01. The van der Waals surface area contributed by atoms with E-state index in [1.165, 1.54) is 7.11 Å². The largest absolute Gasteiger partial charge is 0.469 e. The van der Waals surface area contributed by atoms with Crippen LogP contribution >= 0.6 is 12.6 Å². The zero-order valence-corrected chi connectivity index (χ0v) is 31.1. The Hall–Kier alpha value is -0.786. The molecule has 7 heteroatoms. The minimum absolute atomic E-state index is 0.0265. The van der Waals surface area contributed by atoms with Crippen LogP contribution in [0.3, 0.4) is 0 Å². The van der Waals surface area contributed by atoms with Crippen LogP contribution in [0.4, 0.5) is 0 Å². The van der Waals surface area contributed by atoms with Gasteiger partial charge in [0, 0.05) is 24.0 Å². The van der Waals surface area contributed by atoms with Crippen LogP contribution < -0.4 is 0 Å². The molecule has 0 aromatic carbocycles. The summed E-state index contributed by atoms with van der Waals surface area (Å²) in [6, 6.07) is 0. The molecule has 6 atom stereocenters. The average Bonchev–Trinajstić information content (AvgIpc) is 3.37.